The smallest absolute Gasteiger partial charge is 0.136 e. The molecule has 1 aromatic carbocycles. The van der Waals surface area contributed by atoms with Crippen molar-refractivity contribution >= 4 is 17.3 Å². The minimum Gasteiger partial charge on any atom is -0.384 e. The quantitative estimate of drug-likeness (QED) is 0.887. The largest absolute Gasteiger partial charge is 0.384 e. The molecule has 98 valence electrons. The third kappa shape index (κ3) is 2.65. The average Bonchev–Trinajstić information content (AvgIpc) is 3.16. The van der Waals surface area contributed by atoms with E-state index in [1.165, 1.54) is 12.1 Å². The van der Waals surface area contributed by atoms with Crippen molar-refractivity contribution in [3.05, 3.63) is 41.5 Å². The molecule has 19 heavy (non-hydrogen) atoms. The zero-order valence-electron chi connectivity index (χ0n) is 10.7. The van der Waals surface area contributed by atoms with Crippen LogP contribution in [-0.4, -0.2) is 9.97 Å². The van der Waals surface area contributed by atoms with Gasteiger partial charge in [0.2, 0.25) is 0 Å². The van der Waals surface area contributed by atoms with Crippen LogP contribution in [0.2, 0.25) is 0 Å². The minimum absolute atomic E-state index is 0.246. The zero-order valence-corrected chi connectivity index (χ0v) is 10.7. The Hall–Kier alpha value is -2.17. The van der Waals surface area contributed by atoms with E-state index in [1.807, 2.05) is 6.92 Å². The normalized spacial score (nSPS) is 14.4. The van der Waals surface area contributed by atoms with Gasteiger partial charge in [-0.1, -0.05) is 0 Å². The Labute approximate surface area is 110 Å². The van der Waals surface area contributed by atoms with Gasteiger partial charge >= 0.3 is 0 Å². The van der Waals surface area contributed by atoms with E-state index >= 15 is 0 Å². The Balaban J connectivity index is 1.89. The lowest BCUT2D eigenvalue weighted by Gasteiger charge is -2.10. The molecule has 1 aliphatic carbocycles. The van der Waals surface area contributed by atoms with Crippen molar-refractivity contribution in [1.29, 1.82) is 0 Å². The summed E-state index contributed by atoms with van der Waals surface area (Å²) in [5, 5.41) is 3.17. The molecule has 3 N–H and O–H groups in total. The highest BCUT2D eigenvalue weighted by Gasteiger charge is 2.27. The van der Waals surface area contributed by atoms with Crippen LogP contribution in [0.1, 0.15) is 30.1 Å². The highest BCUT2D eigenvalue weighted by molar-refractivity contribution is 5.62. The predicted octanol–water partition coefficient (Wildman–Crippen LogP) is 3.13. The first-order valence-electron chi connectivity index (χ1n) is 6.29. The maximum atomic E-state index is 13.1. The lowest BCUT2D eigenvalue weighted by Crippen LogP contribution is -2.03. The Kier molecular flexibility index (Phi) is 2.81. The van der Waals surface area contributed by atoms with Crippen LogP contribution in [-0.2, 0) is 0 Å². The molecule has 5 heteroatoms. The summed E-state index contributed by atoms with van der Waals surface area (Å²) in [4.78, 5) is 8.70. The van der Waals surface area contributed by atoms with Crippen molar-refractivity contribution in [2.75, 3.05) is 11.1 Å². The molecule has 0 atom stereocenters. The van der Waals surface area contributed by atoms with Gasteiger partial charge in [-0.3, -0.25) is 0 Å². The topological polar surface area (TPSA) is 63.8 Å². The molecule has 0 aliphatic heterocycles. The number of nitrogen functional groups attached to an aromatic ring is 1. The molecule has 1 aliphatic rings. The maximum Gasteiger partial charge on any atom is 0.136 e. The Morgan fingerprint density at radius 1 is 1.26 bits per heavy atom. The number of anilines is 3. The summed E-state index contributed by atoms with van der Waals surface area (Å²) >= 11 is 0. The van der Waals surface area contributed by atoms with Crippen molar-refractivity contribution in [2.24, 2.45) is 0 Å². The predicted molar refractivity (Wildman–Crippen MR) is 72.8 cm³/mol. The molecule has 2 aromatic rings. The fourth-order valence-electron chi connectivity index (χ4n) is 1.98. The fourth-order valence-corrected chi connectivity index (χ4v) is 1.98. The molecule has 1 fully saturated rings. The number of halogens is 1. The van der Waals surface area contributed by atoms with Gasteiger partial charge < -0.3 is 11.1 Å². The number of nitrogens with one attached hydrogen (secondary N) is 1. The number of hydrogen-bond acceptors (Lipinski definition) is 4. The van der Waals surface area contributed by atoms with Crippen molar-refractivity contribution < 1.29 is 4.39 Å². The summed E-state index contributed by atoms with van der Waals surface area (Å²) in [7, 11) is 0. The number of benzene rings is 1. The molecular weight excluding hydrogens is 243 g/mol. The van der Waals surface area contributed by atoms with Crippen LogP contribution in [0, 0.1) is 12.7 Å². The van der Waals surface area contributed by atoms with E-state index in [9.17, 15) is 4.39 Å². The SMILES string of the molecule is Cc1cc(F)ccc1Nc1cc(N)nc(C2CC2)n1. The number of rotatable bonds is 3. The monoisotopic (exact) mass is 258 g/mol. The second-order valence-corrected chi connectivity index (χ2v) is 4.89. The van der Waals surface area contributed by atoms with Gasteiger partial charge in [0.1, 0.15) is 23.3 Å². The van der Waals surface area contributed by atoms with Gasteiger partial charge in [-0.25, -0.2) is 14.4 Å². The van der Waals surface area contributed by atoms with Crippen LogP contribution in [0.15, 0.2) is 24.3 Å². The maximum absolute atomic E-state index is 13.1. The number of aryl methyl sites for hydroxylation is 1. The van der Waals surface area contributed by atoms with E-state index in [2.05, 4.69) is 15.3 Å². The Morgan fingerprint density at radius 3 is 2.74 bits per heavy atom. The molecule has 0 radical (unpaired) electrons. The van der Waals surface area contributed by atoms with Gasteiger partial charge in [-0.15, -0.1) is 0 Å². The first kappa shape index (κ1) is 11.9. The van der Waals surface area contributed by atoms with E-state index in [-0.39, 0.29) is 5.82 Å². The first-order valence-corrected chi connectivity index (χ1v) is 6.29. The average molecular weight is 258 g/mol. The molecule has 1 aromatic heterocycles. The summed E-state index contributed by atoms with van der Waals surface area (Å²) in [6.07, 6.45) is 2.25. The summed E-state index contributed by atoms with van der Waals surface area (Å²) in [6.45, 7) is 1.85. The summed E-state index contributed by atoms with van der Waals surface area (Å²) in [5.74, 6) is 2.10. The van der Waals surface area contributed by atoms with E-state index < -0.39 is 0 Å². The summed E-state index contributed by atoms with van der Waals surface area (Å²) in [6, 6.07) is 6.28. The van der Waals surface area contributed by atoms with Gasteiger partial charge in [0.05, 0.1) is 0 Å². The molecule has 1 heterocycles. The second kappa shape index (κ2) is 4.50. The molecule has 0 unspecified atom stereocenters. The van der Waals surface area contributed by atoms with E-state index in [1.54, 1.807) is 12.1 Å². The number of nitrogens with two attached hydrogens (primary N) is 1. The van der Waals surface area contributed by atoms with Crippen LogP contribution in [0.4, 0.5) is 21.7 Å². The molecule has 4 nitrogen and oxygen atoms in total. The zero-order chi connectivity index (χ0) is 13.4. The molecule has 1 saturated carbocycles. The third-order valence-electron chi connectivity index (χ3n) is 3.16. The van der Waals surface area contributed by atoms with E-state index in [0.29, 0.717) is 17.6 Å². The molecule has 0 spiro atoms. The van der Waals surface area contributed by atoms with Crippen LogP contribution >= 0.6 is 0 Å². The van der Waals surface area contributed by atoms with Crippen molar-refractivity contribution in [1.82, 2.24) is 9.97 Å². The lowest BCUT2D eigenvalue weighted by atomic mass is 10.2. The van der Waals surface area contributed by atoms with Gasteiger partial charge in [-0.2, -0.15) is 0 Å². The van der Waals surface area contributed by atoms with Gasteiger partial charge in [0.25, 0.3) is 0 Å². The van der Waals surface area contributed by atoms with Crippen molar-refractivity contribution in [3.8, 4) is 0 Å². The standard InChI is InChI=1S/C14H15FN4/c1-8-6-10(15)4-5-11(8)17-13-7-12(16)18-14(19-13)9-2-3-9/h4-7,9H,2-3H2,1H3,(H3,16,17,18,19). The van der Waals surface area contributed by atoms with E-state index in [4.69, 9.17) is 5.73 Å². The van der Waals surface area contributed by atoms with Crippen molar-refractivity contribution in [2.45, 2.75) is 25.7 Å². The lowest BCUT2D eigenvalue weighted by molar-refractivity contribution is 0.627. The van der Waals surface area contributed by atoms with Crippen LogP contribution in [0.25, 0.3) is 0 Å². The Morgan fingerprint density at radius 2 is 2.05 bits per heavy atom. The first-order chi connectivity index (χ1) is 9.11. The third-order valence-corrected chi connectivity index (χ3v) is 3.16. The molecule has 3 rings (SSSR count). The van der Waals surface area contributed by atoms with Gasteiger partial charge in [-0.05, 0) is 43.5 Å². The number of aromatic nitrogens is 2. The number of hydrogen-bond donors (Lipinski definition) is 2. The van der Waals surface area contributed by atoms with Crippen LogP contribution in [0.3, 0.4) is 0 Å². The molecule has 0 amide bonds. The minimum atomic E-state index is -0.246. The molecular formula is C14H15FN4. The second-order valence-electron chi connectivity index (χ2n) is 4.89. The van der Waals surface area contributed by atoms with Gasteiger partial charge in [0.15, 0.2) is 0 Å². The van der Waals surface area contributed by atoms with Crippen LogP contribution in [0.5, 0.6) is 0 Å². The van der Waals surface area contributed by atoms with Crippen molar-refractivity contribution in [3.63, 3.8) is 0 Å². The molecule has 0 bridgehead atoms. The van der Waals surface area contributed by atoms with Gasteiger partial charge in [0, 0.05) is 17.7 Å². The van der Waals surface area contributed by atoms with E-state index in [0.717, 1.165) is 29.9 Å². The Bertz CT molecular complexity index is 623. The summed E-state index contributed by atoms with van der Waals surface area (Å²) < 4.78 is 13.1. The van der Waals surface area contributed by atoms with Crippen LogP contribution < -0.4 is 11.1 Å². The highest BCUT2D eigenvalue weighted by Crippen LogP contribution is 2.38. The summed E-state index contributed by atoms with van der Waals surface area (Å²) in [5.41, 5.74) is 7.43. The number of nitrogens with zero attached hydrogens (tertiary/aromatic N) is 2. The highest BCUT2D eigenvalue weighted by atomic mass is 19.1. The fraction of sp³-hybridized carbons (Fsp3) is 0.286. The molecule has 0 saturated heterocycles.